The second-order valence-corrected chi connectivity index (χ2v) is 6.33. The third-order valence-electron chi connectivity index (χ3n) is 4.26. The molecule has 0 aliphatic heterocycles. The molecule has 146 valence electrons. The minimum absolute atomic E-state index is 0.00355. The molecule has 9 heteroatoms. The number of aryl methyl sites for hydroxylation is 1. The van der Waals surface area contributed by atoms with Crippen LogP contribution in [0.2, 0.25) is 0 Å². The maximum atomic E-state index is 12.8. The standard InChI is InChI=1S/C19H22N6O3/c1-24-17(6-7-21-24)16(12-28-2)23-19(27)14-5-3-4-13(8-14)15-9-22-25(10-15)11-18(20)26/h3-10,16H,11-12H2,1-2H3,(H2,20,26)(H,23,27). The van der Waals surface area contributed by atoms with Gasteiger partial charge in [0.1, 0.15) is 6.54 Å². The molecule has 3 aromatic rings. The van der Waals surface area contributed by atoms with Gasteiger partial charge in [0, 0.05) is 37.7 Å². The van der Waals surface area contributed by atoms with Crippen LogP contribution in [0.5, 0.6) is 0 Å². The van der Waals surface area contributed by atoms with Crippen LogP contribution in [-0.2, 0) is 23.1 Å². The highest BCUT2D eigenvalue weighted by molar-refractivity contribution is 5.95. The van der Waals surface area contributed by atoms with E-state index in [9.17, 15) is 9.59 Å². The fourth-order valence-electron chi connectivity index (χ4n) is 2.93. The molecule has 0 radical (unpaired) electrons. The minimum atomic E-state index is -0.470. The summed E-state index contributed by atoms with van der Waals surface area (Å²) in [6, 6.07) is 8.69. The summed E-state index contributed by atoms with van der Waals surface area (Å²) < 4.78 is 8.40. The van der Waals surface area contributed by atoms with Gasteiger partial charge in [-0.3, -0.25) is 19.0 Å². The lowest BCUT2D eigenvalue weighted by molar-refractivity contribution is -0.118. The molecule has 28 heavy (non-hydrogen) atoms. The zero-order valence-electron chi connectivity index (χ0n) is 15.7. The number of amides is 2. The lowest BCUT2D eigenvalue weighted by atomic mass is 10.1. The molecule has 2 heterocycles. The van der Waals surface area contributed by atoms with Crippen LogP contribution in [0.1, 0.15) is 22.1 Å². The molecule has 0 fully saturated rings. The molecule has 1 aromatic carbocycles. The largest absolute Gasteiger partial charge is 0.382 e. The van der Waals surface area contributed by atoms with E-state index in [0.29, 0.717) is 12.2 Å². The van der Waals surface area contributed by atoms with Crippen LogP contribution in [-0.4, -0.2) is 45.1 Å². The highest BCUT2D eigenvalue weighted by Crippen LogP contribution is 2.21. The first kappa shape index (κ1) is 19.3. The van der Waals surface area contributed by atoms with Crippen molar-refractivity contribution in [2.75, 3.05) is 13.7 Å². The van der Waals surface area contributed by atoms with Gasteiger partial charge in [-0.2, -0.15) is 10.2 Å². The highest BCUT2D eigenvalue weighted by Gasteiger charge is 2.19. The molecule has 0 saturated heterocycles. The average molecular weight is 382 g/mol. The van der Waals surface area contributed by atoms with Gasteiger partial charge in [0.25, 0.3) is 5.91 Å². The number of nitrogens with zero attached hydrogens (tertiary/aromatic N) is 4. The van der Waals surface area contributed by atoms with Gasteiger partial charge in [0.15, 0.2) is 0 Å². The summed E-state index contributed by atoms with van der Waals surface area (Å²) in [7, 11) is 3.40. The van der Waals surface area contributed by atoms with Crippen LogP contribution in [0.3, 0.4) is 0 Å². The van der Waals surface area contributed by atoms with E-state index in [4.69, 9.17) is 10.5 Å². The van der Waals surface area contributed by atoms with Crippen LogP contribution in [0.15, 0.2) is 48.9 Å². The number of hydrogen-bond donors (Lipinski definition) is 2. The zero-order valence-corrected chi connectivity index (χ0v) is 15.7. The van der Waals surface area contributed by atoms with Crippen molar-refractivity contribution in [1.29, 1.82) is 0 Å². The number of carbonyl (C=O) groups is 2. The van der Waals surface area contributed by atoms with Crippen LogP contribution in [0, 0.1) is 0 Å². The van der Waals surface area contributed by atoms with E-state index in [2.05, 4.69) is 15.5 Å². The molecule has 3 rings (SSSR count). The Kier molecular flexibility index (Phi) is 5.85. The third kappa shape index (κ3) is 4.44. The second kappa shape index (κ2) is 8.49. The second-order valence-electron chi connectivity index (χ2n) is 6.33. The van der Waals surface area contributed by atoms with E-state index in [1.54, 1.807) is 48.6 Å². The molecule has 0 bridgehead atoms. The summed E-state index contributed by atoms with van der Waals surface area (Å²) in [4.78, 5) is 23.8. The van der Waals surface area contributed by atoms with Crippen molar-refractivity contribution < 1.29 is 14.3 Å². The minimum Gasteiger partial charge on any atom is -0.382 e. The van der Waals surface area contributed by atoms with Crippen LogP contribution >= 0.6 is 0 Å². The van der Waals surface area contributed by atoms with E-state index in [-0.39, 0.29) is 18.5 Å². The zero-order chi connectivity index (χ0) is 20.1. The number of aromatic nitrogens is 4. The molecule has 0 aliphatic carbocycles. The number of benzene rings is 1. The first-order valence-electron chi connectivity index (χ1n) is 8.67. The van der Waals surface area contributed by atoms with E-state index in [1.165, 1.54) is 4.68 Å². The Hall–Kier alpha value is -3.46. The van der Waals surface area contributed by atoms with Crippen LogP contribution in [0.25, 0.3) is 11.1 Å². The summed E-state index contributed by atoms with van der Waals surface area (Å²) in [5, 5.41) is 11.2. The summed E-state index contributed by atoms with van der Waals surface area (Å²) >= 11 is 0. The van der Waals surface area contributed by atoms with E-state index in [0.717, 1.165) is 16.8 Å². The monoisotopic (exact) mass is 382 g/mol. The molecule has 0 spiro atoms. The molecule has 0 aliphatic rings. The Bertz CT molecular complexity index is 977. The molecule has 2 aromatic heterocycles. The number of nitrogens with two attached hydrogens (primary N) is 1. The fraction of sp³-hybridized carbons (Fsp3) is 0.263. The number of methoxy groups -OCH3 is 1. The quantitative estimate of drug-likeness (QED) is 0.600. The summed E-state index contributed by atoms with van der Waals surface area (Å²) in [5.41, 5.74) is 8.14. The summed E-state index contributed by atoms with van der Waals surface area (Å²) in [5.74, 6) is -0.697. The fourth-order valence-corrected chi connectivity index (χ4v) is 2.93. The van der Waals surface area contributed by atoms with Gasteiger partial charge >= 0.3 is 0 Å². The molecule has 2 amide bonds. The Balaban J connectivity index is 1.79. The van der Waals surface area contributed by atoms with Gasteiger partial charge in [-0.25, -0.2) is 0 Å². The number of nitrogens with one attached hydrogen (secondary N) is 1. The third-order valence-corrected chi connectivity index (χ3v) is 4.26. The van der Waals surface area contributed by atoms with Crippen molar-refractivity contribution in [3.8, 4) is 11.1 Å². The van der Waals surface area contributed by atoms with Gasteiger partial charge < -0.3 is 15.8 Å². The van der Waals surface area contributed by atoms with Gasteiger partial charge in [-0.1, -0.05) is 12.1 Å². The van der Waals surface area contributed by atoms with Crippen molar-refractivity contribution in [2.24, 2.45) is 12.8 Å². The smallest absolute Gasteiger partial charge is 0.251 e. The Morgan fingerprint density at radius 2 is 2.07 bits per heavy atom. The maximum absolute atomic E-state index is 12.8. The van der Waals surface area contributed by atoms with Gasteiger partial charge in [0.2, 0.25) is 5.91 Å². The van der Waals surface area contributed by atoms with Crippen molar-refractivity contribution in [3.05, 3.63) is 60.2 Å². The van der Waals surface area contributed by atoms with Gasteiger partial charge in [0.05, 0.1) is 24.5 Å². The number of primary amides is 1. The SMILES string of the molecule is COCC(NC(=O)c1cccc(-c2cnn(CC(N)=O)c2)c1)c1ccnn1C. The topological polar surface area (TPSA) is 117 Å². The molecular weight excluding hydrogens is 360 g/mol. The average Bonchev–Trinajstić information content (AvgIpc) is 3.30. The van der Waals surface area contributed by atoms with E-state index < -0.39 is 5.91 Å². The number of hydrogen-bond acceptors (Lipinski definition) is 5. The predicted molar refractivity (Wildman–Crippen MR) is 102 cm³/mol. The molecular formula is C19H22N6O3. The molecule has 9 nitrogen and oxygen atoms in total. The molecule has 0 saturated carbocycles. The summed E-state index contributed by atoms with van der Waals surface area (Å²) in [6.07, 6.45) is 5.02. The van der Waals surface area contributed by atoms with Crippen molar-refractivity contribution in [2.45, 2.75) is 12.6 Å². The lowest BCUT2D eigenvalue weighted by Gasteiger charge is -2.18. The normalized spacial score (nSPS) is 11.9. The Morgan fingerprint density at radius 1 is 1.25 bits per heavy atom. The number of carbonyl (C=O) groups excluding carboxylic acids is 2. The predicted octanol–water partition coefficient (Wildman–Crippen LogP) is 0.886. The number of rotatable bonds is 8. The highest BCUT2D eigenvalue weighted by atomic mass is 16.5. The van der Waals surface area contributed by atoms with Crippen LogP contribution < -0.4 is 11.1 Å². The van der Waals surface area contributed by atoms with E-state index in [1.807, 2.05) is 19.2 Å². The van der Waals surface area contributed by atoms with Crippen molar-refractivity contribution >= 4 is 11.8 Å². The Labute approximate surface area is 162 Å². The molecule has 1 unspecified atom stereocenters. The maximum Gasteiger partial charge on any atom is 0.251 e. The first-order valence-corrected chi connectivity index (χ1v) is 8.67. The molecule has 1 atom stereocenters. The van der Waals surface area contributed by atoms with Crippen LogP contribution in [0.4, 0.5) is 0 Å². The lowest BCUT2D eigenvalue weighted by Crippen LogP contribution is -2.32. The summed E-state index contributed by atoms with van der Waals surface area (Å²) in [6.45, 7) is 0.328. The van der Waals surface area contributed by atoms with Gasteiger partial charge in [-0.15, -0.1) is 0 Å². The van der Waals surface area contributed by atoms with Crippen molar-refractivity contribution in [1.82, 2.24) is 24.9 Å². The molecule has 3 N–H and O–H groups in total. The van der Waals surface area contributed by atoms with Gasteiger partial charge in [-0.05, 0) is 23.8 Å². The van der Waals surface area contributed by atoms with E-state index >= 15 is 0 Å². The van der Waals surface area contributed by atoms with Crippen molar-refractivity contribution in [3.63, 3.8) is 0 Å². The number of ether oxygens (including phenoxy) is 1. The first-order chi connectivity index (χ1) is 13.5. The Morgan fingerprint density at radius 3 is 2.75 bits per heavy atom.